The van der Waals surface area contributed by atoms with Crippen LogP contribution in [0.15, 0.2) is 38.2 Å². The summed E-state index contributed by atoms with van der Waals surface area (Å²) in [7, 11) is 0. The second-order valence-electron chi connectivity index (χ2n) is 4.28. The Morgan fingerprint density at radius 2 is 2.48 bits per heavy atom. The summed E-state index contributed by atoms with van der Waals surface area (Å²) in [6.45, 7) is 3.58. The molecule has 10 heteroatoms. The van der Waals surface area contributed by atoms with Crippen molar-refractivity contribution in [1.82, 2.24) is 9.55 Å². The van der Waals surface area contributed by atoms with Gasteiger partial charge >= 0.3 is 5.69 Å². The van der Waals surface area contributed by atoms with Gasteiger partial charge in [-0.05, 0) is 21.5 Å². The third-order valence-corrected chi connectivity index (χ3v) is 3.58. The van der Waals surface area contributed by atoms with Crippen molar-refractivity contribution in [2.75, 3.05) is 6.61 Å². The van der Waals surface area contributed by atoms with Crippen LogP contribution < -0.4 is 11.2 Å². The molecule has 0 aliphatic carbocycles. The molecule has 1 aliphatic heterocycles. The Balaban J connectivity index is 2.28. The number of nitrogens with zero attached hydrogens (tertiary/aromatic N) is 4. The molecule has 2 heterocycles. The number of hydrogen-bond donors (Lipinski definition) is 1. The maximum atomic E-state index is 11.8. The summed E-state index contributed by atoms with van der Waals surface area (Å²) in [6, 6.07) is -0.474. The van der Waals surface area contributed by atoms with Crippen molar-refractivity contribution >= 4 is 15.9 Å². The highest BCUT2D eigenvalue weighted by Crippen LogP contribution is 2.30. The summed E-state index contributed by atoms with van der Waals surface area (Å²) in [5, 5.41) is 3.65. The molecule has 1 fully saturated rings. The molecule has 21 heavy (non-hydrogen) atoms. The lowest BCUT2D eigenvalue weighted by molar-refractivity contribution is -0.0297. The molecule has 112 valence electrons. The van der Waals surface area contributed by atoms with Crippen LogP contribution in [0.4, 0.5) is 0 Å². The molecule has 2 rings (SSSR count). The van der Waals surface area contributed by atoms with E-state index in [1.165, 1.54) is 17.0 Å². The van der Waals surface area contributed by atoms with Crippen molar-refractivity contribution in [1.29, 1.82) is 0 Å². The van der Waals surface area contributed by atoms with Crippen LogP contribution >= 0.6 is 15.9 Å². The quantitative estimate of drug-likeness (QED) is 0.370. The first-order chi connectivity index (χ1) is 10.1. The summed E-state index contributed by atoms with van der Waals surface area (Å²) < 4.78 is 12.2. The zero-order chi connectivity index (χ0) is 15.4. The van der Waals surface area contributed by atoms with Crippen molar-refractivity contribution in [2.45, 2.75) is 24.8 Å². The fourth-order valence-corrected chi connectivity index (χ4v) is 2.38. The molecule has 0 spiro atoms. The third kappa shape index (κ3) is 3.35. The topological polar surface area (TPSA) is 122 Å². The van der Waals surface area contributed by atoms with Gasteiger partial charge in [0, 0.05) is 17.5 Å². The van der Waals surface area contributed by atoms with E-state index in [1.807, 2.05) is 0 Å². The summed E-state index contributed by atoms with van der Waals surface area (Å²) >= 11 is 3.05. The molecule has 0 saturated carbocycles. The zero-order valence-corrected chi connectivity index (χ0v) is 12.4. The average Bonchev–Trinajstić information content (AvgIpc) is 2.84. The number of nitrogens with one attached hydrogen (secondary N) is 1. The number of ether oxygens (including phenoxy) is 2. The van der Waals surface area contributed by atoms with E-state index in [0.717, 1.165) is 0 Å². The maximum Gasteiger partial charge on any atom is 0.330 e. The van der Waals surface area contributed by atoms with Gasteiger partial charge in [-0.1, -0.05) is 11.7 Å². The summed E-state index contributed by atoms with van der Waals surface area (Å²) in [4.78, 5) is 28.1. The van der Waals surface area contributed by atoms with Crippen LogP contribution in [0.2, 0.25) is 0 Å². The molecular formula is C11H12BrN5O4. The largest absolute Gasteiger partial charge is 0.499 e. The van der Waals surface area contributed by atoms with Gasteiger partial charge in [-0.3, -0.25) is 14.3 Å². The predicted octanol–water partition coefficient (Wildman–Crippen LogP) is 1.43. The van der Waals surface area contributed by atoms with Crippen LogP contribution in [0.25, 0.3) is 10.4 Å². The van der Waals surface area contributed by atoms with E-state index in [0.29, 0.717) is 6.42 Å². The smallest absolute Gasteiger partial charge is 0.330 e. The van der Waals surface area contributed by atoms with Crippen LogP contribution in [-0.4, -0.2) is 28.3 Å². The molecule has 1 aliphatic rings. The van der Waals surface area contributed by atoms with Gasteiger partial charge in [0.1, 0.15) is 18.9 Å². The maximum absolute atomic E-state index is 11.8. The normalized spacial score (nSPS) is 24.3. The minimum Gasteiger partial charge on any atom is -0.499 e. The summed E-state index contributed by atoms with van der Waals surface area (Å²) in [6.07, 6.45) is 1.75. The van der Waals surface area contributed by atoms with E-state index in [1.54, 1.807) is 0 Å². The Bertz CT molecular complexity index is 693. The Labute approximate surface area is 126 Å². The highest BCUT2D eigenvalue weighted by atomic mass is 79.9. The molecule has 0 radical (unpaired) electrons. The standard InChI is InChI=1S/C11H12BrN5O4/c1-2-20-5-8-7(15-16-13)3-9(21-8)17-4-6(12)10(18)14-11(17)19/h2,4,7-9H,1,3,5H2,(H,14,18,19)/t7-,8+,9+/m0/s1. The van der Waals surface area contributed by atoms with Gasteiger partial charge in [-0.2, -0.15) is 0 Å². The molecule has 1 N–H and O–H groups in total. The monoisotopic (exact) mass is 357 g/mol. The van der Waals surface area contributed by atoms with Crippen molar-refractivity contribution in [3.8, 4) is 0 Å². The van der Waals surface area contributed by atoms with Gasteiger partial charge in [-0.15, -0.1) is 0 Å². The number of halogens is 1. The van der Waals surface area contributed by atoms with Crippen LogP contribution in [0.3, 0.4) is 0 Å². The number of rotatable bonds is 5. The van der Waals surface area contributed by atoms with Gasteiger partial charge in [0.15, 0.2) is 0 Å². The minimum absolute atomic E-state index is 0.156. The molecule has 0 aromatic carbocycles. The Morgan fingerprint density at radius 3 is 3.14 bits per heavy atom. The Morgan fingerprint density at radius 1 is 1.71 bits per heavy atom. The third-order valence-electron chi connectivity index (χ3n) is 3.02. The number of aromatic amines is 1. The van der Waals surface area contributed by atoms with Gasteiger partial charge < -0.3 is 9.47 Å². The zero-order valence-electron chi connectivity index (χ0n) is 10.8. The molecular weight excluding hydrogens is 346 g/mol. The minimum atomic E-state index is -0.653. The first kappa shape index (κ1) is 15.4. The lowest BCUT2D eigenvalue weighted by atomic mass is 10.1. The van der Waals surface area contributed by atoms with Crippen molar-refractivity contribution in [3.05, 3.63) is 54.8 Å². The second kappa shape index (κ2) is 6.61. The number of azide groups is 1. The lowest BCUT2D eigenvalue weighted by Gasteiger charge is -2.16. The molecule has 0 bridgehead atoms. The molecule has 1 aromatic heterocycles. The van der Waals surface area contributed by atoms with Crippen LogP contribution in [0.1, 0.15) is 12.6 Å². The number of hydrogen-bond acceptors (Lipinski definition) is 5. The van der Waals surface area contributed by atoms with Gasteiger partial charge in [0.05, 0.1) is 16.8 Å². The second-order valence-corrected chi connectivity index (χ2v) is 5.14. The predicted molar refractivity (Wildman–Crippen MR) is 76.6 cm³/mol. The van der Waals surface area contributed by atoms with E-state index in [-0.39, 0.29) is 11.1 Å². The van der Waals surface area contributed by atoms with Gasteiger partial charge in [0.2, 0.25) is 0 Å². The van der Waals surface area contributed by atoms with E-state index >= 15 is 0 Å². The molecule has 0 unspecified atom stereocenters. The van der Waals surface area contributed by atoms with E-state index in [2.05, 4.69) is 37.5 Å². The van der Waals surface area contributed by atoms with Crippen molar-refractivity contribution in [2.24, 2.45) is 5.11 Å². The van der Waals surface area contributed by atoms with Gasteiger partial charge in [-0.25, -0.2) is 4.79 Å². The summed E-state index contributed by atoms with van der Waals surface area (Å²) in [5.41, 5.74) is 7.46. The van der Waals surface area contributed by atoms with E-state index in [9.17, 15) is 9.59 Å². The molecule has 1 aromatic rings. The molecule has 9 nitrogen and oxygen atoms in total. The average molecular weight is 358 g/mol. The molecule has 1 saturated heterocycles. The van der Waals surface area contributed by atoms with Gasteiger partial charge in [0.25, 0.3) is 5.56 Å². The molecule has 0 amide bonds. The lowest BCUT2D eigenvalue weighted by Crippen LogP contribution is -2.32. The van der Waals surface area contributed by atoms with Crippen LogP contribution in [-0.2, 0) is 9.47 Å². The highest BCUT2D eigenvalue weighted by Gasteiger charge is 2.36. The first-order valence-corrected chi connectivity index (χ1v) is 6.79. The SMILES string of the molecule is C=COC[C@H]1O[C@@H](n2cc(Br)c(=O)[nH]c2=O)C[C@@H]1N=[N+]=[N-]. The van der Waals surface area contributed by atoms with Crippen LogP contribution in [0, 0.1) is 0 Å². The van der Waals surface area contributed by atoms with E-state index < -0.39 is 29.6 Å². The number of H-pyrrole nitrogens is 1. The summed E-state index contributed by atoms with van der Waals surface area (Å²) in [5.74, 6) is 0. The van der Waals surface area contributed by atoms with Crippen molar-refractivity contribution in [3.63, 3.8) is 0 Å². The Hall–Kier alpha value is -2.03. The highest BCUT2D eigenvalue weighted by molar-refractivity contribution is 9.10. The van der Waals surface area contributed by atoms with Crippen LogP contribution in [0.5, 0.6) is 0 Å². The fraction of sp³-hybridized carbons (Fsp3) is 0.455. The number of aromatic nitrogens is 2. The fourth-order valence-electron chi connectivity index (χ4n) is 2.06. The van der Waals surface area contributed by atoms with Crippen molar-refractivity contribution < 1.29 is 9.47 Å². The Kier molecular flexibility index (Phi) is 4.84. The molecule has 3 atom stereocenters. The van der Waals surface area contributed by atoms with E-state index in [4.69, 9.17) is 15.0 Å². The first-order valence-electron chi connectivity index (χ1n) is 6.00.